The Bertz CT molecular complexity index is 1100. The second kappa shape index (κ2) is 13.5. The molecule has 0 saturated heterocycles. The molecule has 1 heterocycles. The smallest absolute Gasteiger partial charge is 0.251 e. The van der Waals surface area contributed by atoms with Crippen molar-refractivity contribution in [3.63, 3.8) is 0 Å². The van der Waals surface area contributed by atoms with Gasteiger partial charge in [0.25, 0.3) is 5.91 Å². The molecule has 0 radical (unpaired) electrons. The van der Waals surface area contributed by atoms with Crippen LogP contribution in [-0.2, 0) is 16.1 Å². The molecular formula is C27H36N4O6. The van der Waals surface area contributed by atoms with Gasteiger partial charge in [-0.2, -0.15) is 0 Å². The molecule has 0 unspecified atom stereocenters. The number of hydrogen-bond acceptors (Lipinski definition) is 7. The molecule has 2 aromatic carbocycles. The fourth-order valence-corrected chi connectivity index (χ4v) is 3.95. The quantitative estimate of drug-likeness (QED) is 0.497. The van der Waals surface area contributed by atoms with Gasteiger partial charge in [0, 0.05) is 12.1 Å². The van der Waals surface area contributed by atoms with Crippen LogP contribution in [0.1, 0.15) is 42.6 Å². The van der Waals surface area contributed by atoms with Crippen molar-refractivity contribution in [2.24, 2.45) is 5.92 Å². The maximum atomic E-state index is 13.1. The Morgan fingerprint density at radius 3 is 2.38 bits per heavy atom. The summed E-state index contributed by atoms with van der Waals surface area (Å²) in [4.78, 5) is 38.2. The Hall–Kier alpha value is -3.79. The topological polar surface area (TPSA) is 127 Å². The van der Waals surface area contributed by atoms with Crippen molar-refractivity contribution in [3.05, 3.63) is 47.5 Å². The van der Waals surface area contributed by atoms with Crippen LogP contribution in [-0.4, -0.2) is 57.6 Å². The Labute approximate surface area is 217 Å². The van der Waals surface area contributed by atoms with Crippen LogP contribution in [0.4, 0.5) is 0 Å². The third-order valence-electron chi connectivity index (χ3n) is 6.01. The first kappa shape index (κ1) is 27.8. The summed E-state index contributed by atoms with van der Waals surface area (Å²) in [7, 11) is 3.05. The number of hydrogen-bond donors (Lipinski definition) is 4. The summed E-state index contributed by atoms with van der Waals surface area (Å²) in [5, 5.41) is 11.7. The van der Waals surface area contributed by atoms with E-state index in [1.165, 1.54) is 14.2 Å². The van der Waals surface area contributed by atoms with Gasteiger partial charge in [-0.3, -0.25) is 14.4 Å². The van der Waals surface area contributed by atoms with E-state index in [9.17, 15) is 14.4 Å². The molecule has 1 aliphatic rings. The molecule has 1 atom stereocenters. The highest BCUT2D eigenvalue weighted by Gasteiger charge is 2.25. The van der Waals surface area contributed by atoms with E-state index in [0.29, 0.717) is 47.2 Å². The zero-order chi connectivity index (χ0) is 26.8. The number of ether oxygens (including phenoxy) is 3. The minimum absolute atomic E-state index is 0.0953. The first-order valence-corrected chi connectivity index (χ1v) is 12.4. The Kier molecular flexibility index (Phi) is 10.1. The summed E-state index contributed by atoms with van der Waals surface area (Å²) in [6.07, 6.45) is 1.52. The number of fused-ring (bicyclic) bond motifs is 3. The van der Waals surface area contributed by atoms with Crippen molar-refractivity contribution in [2.75, 3.05) is 33.9 Å². The zero-order valence-electron chi connectivity index (χ0n) is 21.8. The van der Waals surface area contributed by atoms with Crippen LogP contribution in [0.5, 0.6) is 23.0 Å². The average molecular weight is 513 g/mol. The van der Waals surface area contributed by atoms with Gasteiger partial charge in [-0.05, 0) is 55.6 Å². The van der Waals surface area contributed by atoms with Crippen molar-refractivity contribution >= 4 is 17.7 Å². The minimum atomic E-state index is -0.703. The van der Waals surface area contributed by atoms with Crippen LogP contribution in [0, 0.1) is 5.92 Å². The molecule has 200 valence electrons. The van der Waals surface area contributed by atoms with E-state index >= 15 is 0 Å². The summed E-state index contributed by atoms with van der Waals surface area (Å²) < 4.78 is 17.2. The maximum absolute atomic E-state index is 13.1. The van der Waals surface area contributed by atoms with E-state index in [0.717, 1.165) is 12.8 Å². The number of carbonyl (C=O) groups excluding carboxylic acids is 3. The second-order valence-electron chi connectivity index (χ2n) is 9.05. The lowest BCUT2D eigenvalue weighted by atomic mass is 10.0. The van der Waals surface area contributed by atoms with Crippen molar-refractivity contribution in [3.8, 4) is 23.0 Å². The van der Waals surface area contributed by atoms with Crippen molar-refractivity contribution in [1.29, 1.82) is 0 Å². The molecule has 4 N–H and O–H groups in total. The van der Waals surface area contributed by atoms with Crippen LogP contribution in [0.15, 0.2) is 36.4 Å². The first-order valence-electron chi connectivity index (χ1n) is 12.4. The van der Waals surface area contributed by atoms with Crippen LogP contribution < -0.4 is 35.5 Å². The predicted molar refractivity (Wildman–Crippen MR) is 139 cm³/mol. The Balaban J connectivity index is 1.96. The minimum Gasteiger partial charge on any atom is -0.496 e. The molecule has 0 saturated carbocycles. The van der Waals surface area contributed by atoms with Gasteiger partial charge in [-0.15, -0.1) is 0 Å². The number of methoxy groups -OCH3 is 2. The molecule has 10 nitrogen and oxygen atoms in total. The van der Waals surface area contributed by atoms with Crippen LogP contribution in [0.25, 0.3) is 0 Å². The molecule has 0 spiro atoms. The van der Waals surface area contributed by atoms with Gasteiger partial charge in [-0.1, -0.05) is 19.9 Å². The van der Waals surface area contributed by atoms with Gasteiger partial charge in [0.2, 0.25) is 11.8 Å². The van der Waals surface area contributed by atoms with E-state index in [1.807, 2.05) is 13.8 Å². The summed E-state index contributed by atoms with van der Waals surface area (Å²) in [5.74, 6) is 0.820. The number of nitrogens with one attached hydrogen (secondary N) is 4. The van der Waals surface area contributed by atoms with Crippen molar-refractivity contribution < 1.29 is 28.6 Å². The molecule has 3 amide bonds. The molecule has 2 bridgehead atoms. The van der Waals surface area contributed by atoms with Crippen LogP contribution in [0.2, 0.25) is 0 Å². The van der Waals surface area contributed by atoms with E-state index in [1.54, 1.807) is 36.4 Å². The molecular weight excluding hydrogens is 476 g/mol. The Morgan fingerprint density at radius 2 is 1.65 bits per heavy atom. The number of amides is 3. The fraction of sp³-hybridized carbons (Fsp3) is 0.444. The monoisotopic (exact) mass is 512 g/mol. The molecule has 10 heteroatoms. The summed E-state index contributed by atoms with van der Waals surface area (Å²) in [6.45, 7) is 5.05. The van der Waals surface area contributed by atoms with Crippen LogP contribution in [0.3, 0.4) is 0 Å². The molecule has 0 aliphatic carbocycles. The number of rotatable bonds is 3. The largest absolute Gasteiger partial charge is 0.496 e. The summed E-state index contributed by atoms with van der Waals surface area (Å²) >= 11 is 0. The third kappa shape index (κ3) is 7.60. The standard InChI is InChI=1S/C27H36N4O6/c1-17(2)25-27(34)30-15-19-20(35-3)8-7-9-21(19)37-23-14-18(10-11-22(23)36-4)26(33)29-13-6-5-12-28-16-24(32)31-25/h7-11,14,17,25,28H,5-6,12-13,15-16H2,1-4H3,(H,29,33)(H,30,34)(H,31,32)/t25-/m1/s1. The highest BCUT2D eigenvalue weighted by molar-refractivity contribution is 5.95. The normalized spacial score (nSPS) is 18.0. The van der Waals surface area contributed by atoms with E-state index in [4.69, 9.17) is 14.2 Å². The summed E-state index contributed by atoms with van der Waals surface area (Å²) in [6, 6.07) is 9.55. The molecule has 2 aromatic rings. The molecule has 0 aromatic heterocycles. The molecule has 1 aliphatic heterocycles. The van der Waals surface area contributed by atoms with E-state index < -0.39 is 6.04 Å². The van der Waals surface area contributed by atoms with Gasteiger partial charge in [-0.25, -0.2) is 0 Å². The number of carbonyl (C=O) groups is 3. The van der Waals surface area contributed by atoms with Gasteiger partial charge in [0.1, 0.15) is 17.5 Å². The number of benzene rings is 2. The lowest BCUT2D eigenvalue weighted by molar-refractivity contribution is -0.129. The van der Waals surface area contributed by atoms with Gasteiger partial charge in [0.05, 0.1) is 32.9 Å². The van der Waals surface area contributed by atoms with Gasteiger partial charge >= 0.3 is 0 Å². The lowest BCUT2D eigenvalue weighted by Crippen LogP contribution is -2.51. The zero-order valence-corrected chi connectivity index (χ0v) is 21.8. The third-order valence-corrected chi connectivity index (χ3v) is 6.01. The average Bonchev–Trinajstić information content (AvgIpc) is 2.89. The van der Waals surface area contributed by atoms with Gasteiger partial charge < -0.3 is 35.5 Å². The highest BCUT2D eigenvalue weighted by atomic mass is 16.5. The van der Waals surface area contributed by atoms with Crippen LogP contribution >= 0.6 is 0 Å². The molecule has 3 rings (SSSR count). The highest BCUT2D eigenvalue weighted by Crippen LogP contribution is 2.37. The lowest BCUT2D eigenvalue weighted by Gasteiger charge is -2.23. The van der Waals surface area contributed by atoms with E-state index in [-0.39, 0.29) is 36.7 Å². The molecule has 0 fully saturated rings. The maximum Gasteiger partial charge on any atom is 0.251 e. The van der Waals surface area contributed by atoms with Crippen molar-refractivity contribution in [2.45, 2.75) is 39.3 Å². The first-order chi connectivity index (χ1) is 17.8. The van der Waals surface area contributed by atoms with E-state index in [2.05, 4.69) is 21.3 Å². The second-order valence-corrected chi connectivity index (χ2v) is 9.05. The SMILES string of the molecule is COc1ccc2cc1Oc1cccc(OC)c1CNC(=O)[C@@H](C(C)C)NC(=O)CNCCCCNC2=O. The summed E-state index contributed by atoms with van der Waals surface area (Å²) in [5.41, 5.74) is 1.03. The Morgan fingerprint density at radius 1 is 0.892 bits per heavy atom. The molecule has 37 heavy (non-hydrogen) atoms. The van der Waals surface area contributed by atoms with Gasteiger partial charge in [0.15, 0.2) is 11.5 Å². The van der Waals surface area contributed by atoms with Crippen molar-refractivity contribution in [1.82, 2.24) is 21.3 Å². The fourth-order valence-electron chi connectivity index (χ4n) is 3.95. The predicted octanol–water partition coefficient (Wildman–Crippen LogP) is 2.37.